The SMILES string of the molecule is Nc1c(C(=O)C2CCCCC2)cccc1C(F)(F)F. The number of anilines is 1. The zero-order chi connectivity index (χ0) is 14.0. The van der Waals surface area contributed by atoms with Crippen molar-refractivity contribution < 1.29 is 18.0 Å². The van der Waals surface area contributed by atoms with Crippen molar-refractivity contribution >= 4 is 11.5 Å². The summed E-state index contributed by atoms with van der Waals surface area (Å²) in [5, 5.41) is 0. The van der Waals surface area contributed by atoms with Crippen molar-refractivity contribution in [3.63, 3.8) is 0 Å². The number of hydrogen-bond acceptors (Lipinski definition) is 2. The Hall–Kier alpha value is -1.52. The Balaban J connectivity index is 2.32. The number of rotatable bonds is 2. The molecule has 1 aliphatic carbocycles. The summed E-state index contributed by atoms with van der Waals surface area (Å²) in [7, 11) is 0. The fraction of sp³-hybridized carbons (Fsp3) is 0.500. The third-order valence-corrected chi connectivity index (χ3v) is 3.65. The quantitative estimate of drug-likeness (QED) is 0.651. The maximum absolute atomic E-state index is 12.7. The van der Waals surface area contributed by atoms with Gasteiger partial charge in [-0.05, 0) is 25.0 Å². The number of benzene rings is 1. The topological polar surface area (TPSA) is 43.1 Å². The molecule has 0 spiro atoms. The number of carbonyl (C=O) groups is 1. The zero-order valence-corrected chi connectivity index (χ0v) is 10.5. The number of nitrogens with two attached hydrogens (primary N) is 1. The molecule has 0 aliphatic heterocycles. The summed E-state index contributed by atoms with van der Waals surface area (Å²) in [4.78, 5) is 12.3. The van der Waals surface area contributed by atoms with Crippen LogP contribution in [-0.4, -0.2) is 5.78 Å². The molecule has 104 valence electrons. The molecular weight excluding hydrogens is 255 g/mol. The highest BCUT2D eigenvalue weighted by Gasteiger charge is 2.35. The van der Waals surface area contributed by atoms with Crippen LogP contribution >= 0.6 is 0 Å². The molecule has 0 heterocycles. The van der Waals surface area contributed by atoms with E-state index >= 15 is 0 Å². The van der Waals surface area contributed by atoms with E-state index in [9.17, 15) is 18.0 Å². The van der Waals surface area contributed by atoms with Crippen molar-refractivity contribution in [3.8, 4) is 0 Å². The van der Waals surface area contributed by atoms with Gasteiger partial charge >= 0.3 is 6.18 Å². The minimum absolute atomic E-state index is 0.0155. The molecule has 2 rings (SSSR count). The predicted molar refractivity (Wildman–Crippen MR) is 66.8 cm³/mol. The Morgan fingerprint density at radius 2 is 1.79 bits per heavy atom. The lowest BCUT2D eigenvalue weighted by Crippen LogP contribution is -2.20. The summed E-state index contributed by atoms with van der Waals surface area (Å²) in [6, 6.07) is 3.55. The van der Waals surface area contributed by atoms with Gasteiger partial charge < -0.3 is 5.73 Å². The van der Waals surface area contributed by atoms with E-state index in [4.69, 9.17) is 5.73 Å². The lowest BCUT2D eigenvalue weighted by atomic mass is 9.83. The van der Waals surface area contributed by atoms with Gasteiger partial charge in [0.2, 0.25) is 0 Å². The van der Waals surface area contributed by atoms with Gasteiger partial charge in [-0.1, -0.05) is 25.3 Å². The highest BCUT2D eigenvalue weighted by atomic mass is 19.4. The van der Waals surface area contributed by atoms with Crippen LogP contribution in [0.3, 0.4) is 0 Å². The van der Waals surface area contributed by atoms with Crippen molar-refractivity contribution in [2.45, 2.75) is 38.3 Å². The van der Waals surface area contributed by atoms with Crippen LogP contribution in [0.4, 0.5) is 18.9 Å². The van der Waals surface area contributed by atoms with Crippen molar-refractivity contribution in [2.24, 2.45) is 5.92 Å². The van der Waals surface area contributed by atoms with E-state index in [0.29, 0.717) is 0 Å². The first-order valence-electron chi connectivity index (χ1n) is 6.41. The molecule has 0 radical (unpaired) electrons. The molecule has 2 N–H and O–H groups in total. The monoisotopic (exact) mass is 271 g/mol. The van der Waals surface area contributed by atoms with Gasteiger partial charge in [-0.15, -0.1) is 0 Å². The van der Waals surface area contributed by atoms with Crippen molar-refractivity contribution in [1.82, 2.24) is 0 Å². The van der Waals surface area contributed by atoms with Gasteiger partial charge in [0.15, 0.2) is 5.78 Å². The summed E-state index contributed by atoms with van der Waals surface area (Å²) < 4.78 is 38.2. The molecule has 1 aliphatic rings. The van der Waals surface area contributed by atoms with Gasteiger partial charge in [0, 0.05) is 11.5 Å². The van der Waals surface area contributed by atoms with Crippen LogP contribution in [0, 0.1) is 5.92 Å². The number of ketones is 1. The smallest absolute Gasteiger partial charge is 0.398 e. The van der Waals surface area contributed by atoms with Crippen LogP contribution in [0.5, 0.6) is 0 Å². The van der Waals surface area contributed by atoms with E-state index < -0.39 is 17.4 Å². The second kappa shape index (κ2) is 5.23. The molecule has 19 heavy (non-hydrogen) atoms. The van der Waals surface area contributed by atoms with Crippen molar-refractivity contribution in [3.05, 3.63) is 29.3 Å². The Morgan fingerprint density at radius 3 is 2.37 bits per heavy atom. The van der Waals surface area contributed by atoms with Crippen LogP contribution in [0.25, 0.3) is 0 Å². The Kier molecular flexibility index (Phi) is 3.83. The van der Waals surface area contributed by atoms with Gasteiger partial charge in [0.05, 0.1) is 11.3 Å². The van der Waals surface area contributed by atoms with E-state index in [1.807, 2.05) is 0 Å². The van der Waals surface area contributed by atoms with Crippen LogP contribution in [0.15, 0.2) is 18.2 Å². The molecular formula is C14H16F3NO. The Morgan fingerprint density at radius 1 is 1.16 bits per heavy atom. The fourth-order valence-corrected chi connectivity index (χ4v) is 2.61. The van der Waals surface area contributed by atoms with Gasteiger partial charge in [0.25, 0.3) is 0 Å². The molecule has 0 aromatic heterocycles. The standard InChI is InChI=1S/C14H16F3NO/c15-14(16,17)11-8-4-7-10(12(11)18)13(19)9-5-2-1-3-6-9/h4,7-9H,1-3,5-6,18H2. The van der Waals surface area contributed by atoms with Gasteiger partial charge in [-0.25, -0.2) is 0 Å². The van der Waals surface area contributed by atoms with E-state index in [2.05, 4.69) is 0 Å². The highest BCUT2D eigenvalue weighted by Crippen LogP contribution is 2.36. The predicted octanol–water partition coefficient (Wildman–Crippen LogP) is 4.05. The van der Waals surface area contributed by atoms with Gasteiger partial charge in [0.1, 0.15) is 0 Å². The molecule has 1 aromatic carbocycles. The number of carbonyl (C=O) groups excluding carboxylic acids is 1. The van der Waals surface area contributed by atoms with Crippen LogP contribution in [0.1, 0.15) is 48.0 Å². The largest absolute Gasteiger partial charge is 0.418 e. The Labute approximate surface area is 109 Å². The molecule has 5 heteroatoms. The minimum atomic E-state index is -4.52. The first-order chi connectivity index (χ1) is 8.91. The number of para-hydroxylation sites is 1. The maximum atomic E-state index is 12.7. The third-order valence-electron chi connectivity index (χ3n) is 3.65. The average molecular weight is 271 g/mol. The number of nitrogen functional groups attached to an aromatic ring is 1. The minimum Gasteiger partial charge on any atom is -0.398 e. The second-order valence-electron chi connectivity index (χ2n) is 4.96. The lowest BCUT2D eigenvalue weighted by Gasteiger charge is -2.21. The molecule has 1 aromatic rings. The lowest BCUT2D eigenvalue weighted by molar-refractivity contribution is -0.136. The molecule has 2 nitrogen and oxygen atoms in total. The number of halogens is 3. The first kappa shape index (κ1) is 13.9. The van der Waals surface area contributed by atoms with E-state index in [-0.39, 0.29) is 17.3 Å². The van der Waals surface area contributed by atoms with Crippen molar-refractivity contribution in [1.29, 1.82) is 0 Å². The molecule has 0 amide bonds. The zero-order valence-electron chi connectivity index (χ0n) is 10.5. The number of Topliss-reactive ketones (excluding diaryl/α,β-unsaturated/α-hetero) is 1. The molecule has 0 bridgehead atoms. The first-order valence-corrected chi connectivity index (χ1v) is 6.41. The highest BCUT2D eigenvalue weighted by molar-refractivity contribution is 6.02. The van der Waals surface area contributed by atoms with E-state index in [0.717, 1.165) is 38.2 Å². The molecule has 0 unspecified atom stereocenters. The summed E-state index contributed by atoms with van der Waals surface area (Å²) >= 11 is 0. The van der Waals surface area contributed by atoms with Crippen LogP contribution in [0.2, 0.25) is 0 Å². The molecule has 1 fully saturated rings. The summed E-state index contributed by atoms with van der Waals surface area (Å²) in [5.74, 6) is -0.428. The van der Waals surface area contributed by atoms with Gasteiger partial charge in [-0.3, -0.25) is 4.79 Å². The fourth-order valence-electron chi connectivity index (χ4n) is 2.61. The normalized spacial score (nSPS) is 17.4. The number of hydrogen-bond donors (Lipinski definition) is 1. The van der Waals surface area contributed by atoms with Crippen LogP contribution < -0.4 is 5.73 Å². The van der Waals surface area contributed by atoms with Crippen LogP contribution in [-0.2, 0) is 6.18 Å². The average Bonchev–Trinajstić information content (AvgIpc) is 2.38. The molecule has 1 saturated carbocycles. The molecule has 0 saturated heterocycles. The second-order valence-corrected chi connectivity index (χ2v) is 4.96. The maximum Gasteiger partial charge on any atom is 0.418 e. The van der Waals surface area contributed by atoms with E-state index in [1.165, 1.54) is 12.1 Å². The Bertz CT molecular complexity index is 476. The number of alkyl halides is 3. The molecule has 0 atom stereocenters. The summed E-state index contributed by atoms with van der Waals surface area (Å²) in [6.45, 7) is 0. The van der Waals surface area contributed by atoms with Gasteiger partial charge in [-0.2, -0.15) is 13.2 Å². The summed E-state index contributed by atoms with van der Waals surface area (Å²) in [6.07, 6.45) is -0.0393. The van der Waals surface area contributed by atoms with Crippen molar-refractivity contribution in [2.75, 3.05) is 5.73 Å². The summed E-state index contributed by atoms with van der Waals surface area (Å²) in [5.41, 5.74) is 4.19. The van der Waals surface area contributed by atoms with E-state index in [1.54, 1.807) is 0 Å². The third kappa shape index (κ3) is 2.91.